The van der Waals surface area contributed by atoms with Gasteiger partial charge in [0.1, 0.15) is 5.76 Å². The van der Waals surface area contributed by atoms with Crippen molar-refractivity contribution < 1.29 is 4.42 Å². The van der Waals surface area contributed by atoms with E-state index in [4.69, 9.17) is 4.42 Å². The Morgan fingerprint density at radius 2 is 1.85 bits per heavy atom. The van der Waals surface area contributed by atoms with Crippen molar-refractivity contribution >= 4 is 5.69 Å². The van der Waals surface area contributed by atoms with Crippen molar-refractivity contribution in [3.05, 3.63) is 54.0 Å². The Labute approximate surface area is 121 Å². The summed E-state index contributed by atoms with van der Waals surface area (Å²) in [5.41, 5.74) is 2.51. The first-order valence-corrected chi connectivity index (χ1v) is 7.34. The van der Waals surface area contributed by atoms with Gasteiger partial charge in [-0.05, 0) is 43.8 Å². The predicted octanol–water partition coefficient (Wildman–Crippen LogP) is 4.29. The molecule has 0 aliphatic carbocycles. The van der Waals surface area contributed by atoms with Crippen LogP contribution in [0.25, 0.3) is 0 Å². The molecule has 1 aromatic heterocycles. The number of furan rings is 1. The molecule has 0 spiro atoms. The molecule has 1 aromatic carbocycles. The Kier molecular flexibility index (Phi) is 5.24. The quantitative estimate of drug-likeness (QED) is 0.815. The van der Waals surface area contributed by atoms with Gasteiger partial charge < -0.3 is 9.73 Å². The van der Waals surface area contributed by atoms with Crippen LogP contribution in [0.3, 0.4) is 0 Å². The van der Waals surface area contributed by atoms with E-state index in [0.717, 1.165) is 25.4 Å². The van der Waals surface area contributed by atoms with Gasteiger partial charge in [-0.2, -0.15) is 0 Å². The van der Waals surface area contributed by atoms with Gasteiger partial charge in [0.25, 0.3) is 0 Å². The average molecular weight is 272 g/mol. The summed E-state index contributed by atoms with van der Waals surface area (Å²) in [5.74, 6) is 0.961. The van der Waals surface area contributed by atoms with Crippen LogP contribution >= 0.6 is 0 Å². The number of hydrogen-bond acceptors (Lipinski definition) is 3. The second-order valence-corrected chi connectivity index (χ2v) is 5.00. The molecule has 0 bridgehead atoms. The highest BCUT2D eigenvalue weighted by Crippen LogP contribution is 2.23. The molecule has 0 aliphatic rings. The third-order valence-corrected chi connectivity index (χ3v) is 3.65. The lowest BCUT2D eigenvalue weighted by Crippen LogP contribution is -2.23. The van der Waals surface area contributed by atoms with E-state index in [1.165, 1.54) is 11.3 Å². The fraction of sp³-hybridized carbons (Fsp3) is 0.412. The summed E-state index contributed by atoms with van der Waals surface area (Å²) in [4.78, 5) is 2.41. The number of nitrogens with one attached hydrogen (secondary N) is 1. The zero-order valence-electron chi connectivity index (χ0n) is 12.6. The predicted molar refractivity (Wildman–Crippen MR) is 83.8 cm³/mol. The third kappa shape index (κ3) is 3.64. The Balaban J connectivity index is 2.11. The zero-order valence-corrected chi connectivity index (χ0v) is 12.6. The molecule has 1 heterocycles. The SMILES string of the molecule is CCN(CC)Cc1ccccc1NC(C)c1ccco1. The summed E-state index contributed by atoms with van der Waals surface area (Å²) in [6.07, 6.45) is 1.72. The van der Waals surface area contributed by atoms with Crippen molar-refractivity contribution in [1.82, 2.24) is 4.90 Å². The Morgan fingerprint density at radius 3 is 2.50 bits per heavy atom. The molecule has 1 unspecified atom stereocenters. The first kappa shape index (κ1) is 14.7. The third-order valence-electron chi connectivity index (χ3n) is 3.65. The van der Waals surface area contributed by atoms with Crippen molar-refractivity contribution in [3.8, 4) is 0 Å². The van der Waals surface area contributed by atoms with Gasteiger partial charge in [0.2, 0.25) is 0 Å². The number of benzene rings is 1. The van der Waals surface area contributed by atoms with Crippen molar-refractivity contribution in [1.29, 1.82) is 0 Å². The molecule has 0 fully saturated rings. The van der Waals surface area contributed by atoms with E-state index in [0.29, 0.717) is 0 Å². The smallest absolute Gasteiger partial charge is 0.125 e. The average Bonchev–Trinajstić information content (AvgIpc) is 3.00. The second-order valence-electron chi connectivity index (χ2n) is 5.00. The molecule has 0 amide bonds. The monoisotopic (exact) mass is 272 g/mol. The molecule has 20 heavy (non-hydrogen) atoms. The molecule has 1 atom stereocenters. The normalized spacial score (nSPS) is 12.6. The number of hydrogen-bond donors (Lipinski definition) is 1. The highest BCUT2D eigenvalue weighted by atomic mass is 16.3. The number of para-hydroxylation sites is 1. The molecule has 2 rings (SSSR count). The summed E-state index contributed by atoms with van der Waals surface area (Å²) in [5, 5.41) is 3.55. The van der Waals surface area contributed by atoms with Gasteiger partial charge in [-0.25, -0.2) is 0 Å². The van der Waals surface area contributed by atoms with Gasteiger partial charge in [-0.1, -0.05) is 32.0 Å². The molecule has 3 nitrogen and oxygen atoms in total. The lowest BCUT2D eigenvalue weighted by atomic mass is 10.1. The van der Waals surface area contributed by atoms with Crippen LogP contribution in [-0.4, -0.2) is 18.0 Å². The molecular formula is C17H24N2O. The van der Waals surface area contributed by atoms with Crippen LogP contribution in [0, 0.1) is 0 Å². The lowest BCUT2D eigenvalue weighted by Gasteiger charge is -2.22. The maximum absolute atomic E-state index is 5.46. The van der Waals surface area contributed by atoms with Crippen LogP contribution in [0.5, 0.6) is 0 Å². The van der Waals surface area contributed by atoms with Crippen molar-refractivity contribution in [2.45, 2.75) is 33.4 Å². The summed E-state index contributed by atoms with van der Waals surface area (Å²) in [7, 11) is 0. The van der Waals surface area contributed by atoms with E-state index in [2.05, 4.69) is 55.3 Å². The minimum absolute atomic E-state index is 0.169. The number of nitrogens with zero attached hydrogens (tertiary/aromatic N) is 1. The van der Waals surface area contributed by atoms with Crippen molar-refractivity contribution in [2.75, 3.05) is 18.4 Å². The molecule has 3 heteroatoms. The summed E-state index contributed by atoms with van der Waals surface area (Å²) < 4.78 is 5.46. The fourth-order valence-electron chi connectivity index (χ4n) is 2.33. The largest absolute Gasteiger partial charge is 0.467 e. The molecule has 0 aliphatic heterocycles. The molecule has 0 saturated carbocycles. The van der Waals surface area contributed by atoms with E-state index in [9.17, 15) is 0 Å². The number of anilines is 1. The van der Waals surface area contributed by atoms with E-state index in [1.807, 2.05) is 12.1 Å². The van der Waals surface area contributed by atoms with Gasteiger partial charge in [0.05, 0.1) is 12.3 Å². The maximum atomic E-state index is 5.46. The van der Waals surface area contributed by atoms with Crippen LogP contribution in [0.2, 0.25) is 0 Å². The van der Waals surface area contributed by atoms with Crippen LogP contribution in [0.1, 0.15) is 38.1 Å². The van der Waals surface area contributed by atoms with E-state index >= 15 is 0 Å². The summed E-state index contributed by atoms with van der Waals surface area (Å²) in [6.45, 7) is 9.63. The molecule has 108 valence electrons. The Morgan fingerprint density at radius 1 is 1.10 bits per heavy atom. The van der Waals surface area contributed by atoms with Gasteiger partial charge in [0, 0.05) is 12.2 Å². The minimum Gasteiger partial charge on any atom is -0.467 e. The Bertz CT molecular complexity index is 503. The lowest BCUT2D eigenvalue weighted by molar-refractivity contribution is 0.296. The first-order chi connectivity index (χ1) is 9.74. The van der Waals surface area contributed by atoms with Crippen molar-refractivity contribution in [2.24, 2.45) is 0 Å². The van der Waals surface area contributed by atoms with Crippen LogP contribution < -0.4 is 5.32 Å². The maximum Gasteiger partial charge on any atom is 0.125 e. The second kappa shape index (κ2) is 7.15. The zero-order chi connectivity index (χ0) is 14.4. The van der Waals surface area contributed by atoms with Crippen LogP contribution in [0.4, 0.5) is 5.69 Å². The van der Waals surface area contributed by atoms with E-state index in [-0.39, 0.29) is 6.04 Å². The van der Waals surface area contributed by atoms with E-state index in [1.54, 1.807) is 6.26 Å². The first-order valence-electron chi connectivity index (χ1n) is 7.34. The standard InChI is InChI=1S/C17H24N2O/c1-4-19(5-2)13-15-9-6-7-10-16(15)18-14(3)17-11-8-12-20-17/h6-12,14,18H,4-5,13H2,1-3H3. The van der Waals surface area contributed by atoms with Crippen LogP contribution in [-0.2, 0) is 6.54 Å². The highest BCUT2D eigenvalue weighted by molar-refractivity contribution is 5.52. The van der Waals surface area contributed by atoms with Gasteiger partial charge >= 0.3 is 0 Å². The van der Waals surface area contributed by atoms with Crippen LogP contribution in [0.15, 0.2) is 47.1 Å². The highest BCUT2D eigenvalue weighted by Gasteiger charge is 2.11. The van der Waals surface area contributed by atoms with Gasteiger partial charge in [-0.15, -0.1) is 0 Å². The molecule has 0 saturated heterocycles. The minimum atomic E-state index is 0.169. The molecule has 1 N–H and O–H groups in total. The molecule has 0 radical (unpaired) electrons. The topological polar surface area (TPSA) is 28.4 Å². The Hall–Kier alpha value is -1.74. The van der Waals surface area contributed by atoms with Gasteiger partial charge in [-0.3, -0.25) is 4.90 Å². The molecular weight excluding hydrogens is 248 g/mol. The summed E-state index contributed by atoms with van der Waals surface area (Å²) in [6, 6.07) is 12.6. The summed E-state index contributed by atoms with van der Waals surface area (Å²) >= 11 is 0. The van der Waals surface area contributed by atoms with Gasteiger partial charge in [0.15, 0.2) is 0 Å². The van der Waals surface area contributed by atoms with E-state index < -0.39 is 0 Å². The van der Waals surface area contributed by atoms with Crippen molar-refractivity contribution in [3.63, 3.8) is 0 Å². The molecule has 2 aromatic rings. The number of rotatable bonds is 7. The fourth-order valence-corrected chi connectivity index (χ4v) is 2.33.